The van der Waals surface area contributed by atoms with Crippen LogP contribution in [0, 0.1) is 0 Å². The Morgan fingerprint density at radius 3 is 1.13 bits per heavy atom. The number of rotatable bonds is 10. The van der Waals surface area contributed by atoms with Gasteiger partial charge in [-0.1, -0.05) is 184 Å². The largest absolute Gasteiger partial charge is 0.296 e. The minimum absolute atomic E-state index is 0.00135. The normalized spacial score (nSPS) is 14.1. The van der Waals surface area contributed by atoms with Crippen LogP contribution < -0.4 is 0 Å². The topological polar surface area (TPSA) is 87.2 Å². The van der Waals surface area contributed by atoms with Crippen LogP contribution in [-0.2, 0) is 12.8 Å². The summed E-state index contributed by atoms with van der Waals surface area (Å²) < 4.78 is 4.59. The molecule has 0 saturated heterocycles. The van der Waals surface area contributed by atoms with E-state index < -0.39 is 0 Å². The van der Waals surface area contributed by atoms with Crippen LogP contribution in [0.25, 0.3) is 101 Å². The summed E-state index contributed by atoms with van der Waals surface area (Å²) in [7, 11) is 0. The van der Waals surface area contributed by atoms with Gasteiger partial charge in [-0.3, -0.25) is 9.13 Å². The van der Waals surface area contributed by atoms with E-state index in [4.69, 9.17) is 29.9 Å². The van der Waals surface area contributed by atoms with E-state index >= 15 is 0 Å². The van der Waals surface area contributed by atoms with E-state index in [1.807, 2.05) is 12.1 Å². The van der Waals surface area contributed by atoms with Gasteiger partial charge >= 0.3 is 0 Å². The van der Waals surface area contributed by atoms with Crippen molar-refractivity contribution in [2.45, 2.75) is 38.5 Å². The molecule has 9 aromatic carbocycles. The average Bonchev–Trinajstić information content (AvgIpc) is 4.23. The number of aryl methyl sites for hydroxylation is 2. The molecule has 8 heteroatoms. The van der Waals surface area contributed by atoms with Crippen molar-refractivity contribution in [3.63, 3.8) is 0 Å². The van der Waals surface area contributed by atoms with Gasteiger partial charge in [-0.15, -0.1) is 0 Å². The zero-order chi connectivity index (χ0) is 51.8. The van der Waals surface area contributed by atoms with Gasteiger partial charge in [0.1, 0.15) is 11.6 Å². The molecule has 0 spiro atoms. The number of benzene rings is 9. The SMILES string of the molecule is CCc1nc2ccccc2n1-c1ccccc1-c1cc(-c2ccccc2)nc(-c2ccc3c(c2)C2c4ccccc4C3c3cc(-c4nc(-c5ccccc5)cc(-c5ccccc5-n5c(CC)nc6ccccc65)n4)ccc32)n1. The van der Waals surface area contributed by atoms with Gasteiger partial charge in [0.2, 0.25) is 0 Å². The summed E-state index contributed by atoms with van der Waals surface area (Å²) in [6, 6.07) is 81.8. The van der Waals surface area contributed by atoms with Crippen LogP contribution in [0.5, 0.6) is 0 Å². The van der Waals surface area contributed by atoms with E-state index in [2.05, 4.69) is 241 Å². The van der Waals surface area contributed by atoms with Crippen LogP contribution in [-0.4, -0.2) is 39.0 Å². The maximum absolute atomic E-state index is 5.49. The average molecular weight is 1000 g/mol. The van der Waals surface area contributed by atoms with E-state index in [-0.39, 0.29) is 11.8 Å². The van der Waals surface area contributed by atoms with Crippen molar-refractivity contribution in [3.05, 3.63) is 276 Å². The molecule has 0 fully saturated rings. The molecular formula is C70H50N8. The fraction of sp³-hybridized carbons (Fsp3) is 0.0857. The molecule has 2 bridgehead atoms. The second-order valence-electron chi connectivity index (χ2n) is 20.3. The smallest absolute Gasteiger partial charge is 0.160 e. The first kappa shape index (κ1) is 45.5. The molecule has 16 rings (SSSR count). The molecule has 0 aliphatic heterocycles. The van der Waals surface area contributed by atoms with Gasteiger partial charge in [-0.2, -0.15) is 0 Å². The molecule has 8 nitrogen and oxygen atoms in total. The Kier molecular flexibility index (Phi) is 10.7. The van der Waals surface area contributed by atoms with E-state index in [9.17, 15) is 0 Å². The summed E-state index contributed by atoms with van der Waals surface area (Å²) in [6.45, 7) is 4.33. The number of fused-ring (bicyclic) bond motifs is 2. The first-order valence-electron chi connectivity index (χ1n) is 27.0. The lowest BCUT2D eigenvalue weighted by Crippen LogP contribution is -2.27. The van der Waals surface area contributed by atoms with Crippen LogP contribution >= 0.6 is 0 Å². The number of hydrogen-bond acceptors (Lipinski definition) is 6. The minimum atomic E-state index is 0.00135. The fourth-order valence-electron chi connectivity index (χ4n) is 12.4. The van der Waals surface area contributed by atoms with Gasteiger partial charge in [0.25, 0.3) is 0 Å². The van der Waals surface area contributed by atoms with E-state index in [0.717, 1.165) is 114 Å². The Balaban J connectivity index is 0.864. The highest BCUT2D eigenvalue weighted by Gasteiger charge is 2.41. The van der Waals surface area contributed by atoms with E-state index in [0.29, 0.717) is 11.6 Å². The molecule has 2 atom stereocenters. The Hall–Kier alpha value is -9.92. The summed E-state index contributed by atoms with van der Waals surface area (Å²) in [6.07, 6.45) is 1.57. The summed E-state index contributed by atoms with van der Waals surface area (Å²) >= 11 is 0. The number of aromatic nitrogens is 8. The van der Waals surface area contributed by atoms with Crippen LogP contribution in [0.4, 0.5) is 0 Å². The van der Waals surface area contributed by atoms with Crippen molar-refractivity contribution in [1.82, 2.24) is 39.0 Å². The Labute approximate surface area is 452 Å². The maximum Gasteiger partial charge on any atom is 0.160 e. The summed E-state index contributed by atoms with van der Waals surface area (Å²) in [4.78, 5) is 31.8. The van der Waals surface area contributed by atoms with Crippen molar-refractivity contribution in [3.8, 4) is 79.2 Å². The highest BCUT2D eigenvalue weighted by Crippen LogP contribution is 2.57. The van der Waals surface area contributed by atoms with Gasteiger partial charge in [0.05, 0.1) is 56.2 Å². The van der Waals surface area contributed by atoms with Gasteiger partial charge < -0.3 is 0 Å². The Morgan fingerprint density at radius 2 is 0.679 bits per heavy atom. The Morgan fingerprint density at radius 1 is 0.308 bits per heavy atom. The van der Waals surface area contributed by atoms with Crippen molar-refractivity contribution in [2.24, 2.45) is 0 Å². The van der Waals surface area contributed by atoms with E-state index in [1.165, 1.54) is 33.4 Å². The number of para-hydroxylation sites is 6. The lowest BCUT2D eigenvalue weighted by Gasteiger charge is -2.42. The lowest BCUT2D eigenvalue weighted by molar-refractivity contribution is 0.754. The van der Waals surface area contributed by atoms with Gasteiger partial charge in [0, 0.05) is 58.1 Å². The standard InChI is InChI=1S/C70H50N8/c1-3-65-71-55-29-15-19-33-63(55)77(65)61-31-17-13-27-51(61)59-41-57(43-21-7-5-8-22-43)73-69(75-59)45-35-37-49-53(39-45)67-47-25-11-12-26-48(47)68(49)54-40-46(36-38-50(54)67)70-74-58(44-23-9-6-10-24-44)42-60(76-70)52-28-14-18-32-62(52)78-64-34-20-16-30-56(64)72-66(78)4-2/h5-42,67-68H,3-4H2,1-2H3. The number of hydrogen-bond donors (Lipinski definition) is 0. The minimum Gasteiger partial charge on any atom is -0.296 e. The molecule has 3 aliphatic carbocycles. The predicted molar refractivity (Wildman–Crippen MR) is 313 cm³/mol. The molecule has 3 aliphatic rings. The third-order valence-electron chi connectivity index (χ3n) is 15.9. The zero-order valence-corrected chi connectivity index (χ0v) is 43.1. The lowest BCUT2D eigenvalue weighted by atomic mass is 9.61. The molecule has 0 radical (unpaired) electrons. The van der Waals surface area contributed by atoms with Gasteiger partial charge in [-0.25, -0.2) is 29.9 Å². The summed E-state index contributed by atoms with van der Waals surface area (Å²) in [5.74, 6) is 3.37. The fourth-order valence-corrected chi connectivity index (χ4v) is 12.4. The highest BCUT2D eigenvalue weighted by atomic mass is 15.1. The molecular weight excluding hydrogens is 953 g/mol. The van der Waals surface area contributed by atoms with Crippen LogP contribution in [0.15, 0.2) is 231 Å². The van der Waals surface area contributed by atoms with Crippen molar-refractivity contribution >= 4 is 22.1 Å². The van der Waals surface area contributed by atoms with Crippen LogP contribution in [0.2, 0.25) is 0 Å². The molecule has 0 amide bonds. The highest BCUT2D eigenvalue weighted by molar-refractivity contribution is 5.86. The summed E-state index contributed by atoms with van der Waals surface area (Å²) in [5, 5.41) is 0. The molecule has 370 valence electrons. The molecule has 0 saturated carbocycles. The van der Waals surface area contributed by atoms with Crippen LogP contribution in [0.1, 0.15) is 70.7 Å². The third-order valence-corrected chi connectivity index (χ3v) is 15.9. The number of imidazole rings is 2. The summed E-state index contributed by atoms with van der Waals surface area (Å²) in [5.41, 5.74) is 23.5. The van der Waals surface area contributed by atoms with E-state index in [1.54, 1.807) is 0 Å². The van der Waals surface area contributed by atoms with Crippen LogP contribution in [0.3, 0.4) is 0 Å². The van der Waals surface area contributed by atoms with Crippen molar-refractivity contribution in [1.29, 1.82) is 0 Å². The maximum atomic E-state index is 5.49. The first-order chi connectivity index (χ1) is 38.6. The Bertz CT molecular complexity index is 4210. The predicted octanol–water partition coefficient (Wildman–Crippen LogP) is 16.1. The second kappa shape index (κ2) is 18.4. The molecule has 0 N–H and O–H groups in total. The molecule has 4 heterocycles. The second-order valence-corrected chi connectivity index (χ2v) is 20.3. The molecule has 78 heavy (non-hydrogen) atoms. The molecule has 13 aromatic rings. The monoisotopic (exact) mass is 1000 g/mol. The molecule has 4 aromatic heterocycles. The van der Waals surface area contributed by atoms with Gasteiger partial charge in [0.15, 0.2) is 11.6 Å². The first-order valence-corrected chi connectivity index (χ1v) is 27.0. The zero-order valence-electron chi connectivity index (χ0n) is 43.1. The van der Waals surface area contributed by atoms with Crippen molar-refractivity contribution < 1.29 is 0 Å². The third kappa shape index (κ3) is 7.35. The van der Waals surface area contributed by atoms with Gasteiger partial charge in [-0.05, 0) is 94.0 Å². The quantitative estimate of drug-likeness (QED) is 0.136. The molecule has 2 unspecified atom stereocenters. The van der Waals surface area contributed by atoms with Crippen molar-refractivity contribution in [2.75, 3.05) is 0 Å². The number of nitrogens with zero attached hydrogens (tertiary/aromatic N) is 8.